The van der Waals surface area contributed by atoms with Crippen LogP contribution in [0.3, 0.4) is 0 Å². The topological polar surface area (TPSA) is 113 Å². The first-order valence-electron chi connectivity index (χ1n) is 9.27. The first-order valence-corrected chi connectivity index (χ1v) is 9.27. The molecule has 0 bridgehead atoms. The molecule has 0 aliphatic heterocycles. The number of hydrogen-bond acceptors (Lipinski definition) is 5. The summed E-state index contributed by atoms with van der Waals surface area (Å²) in [5.41, 5.74) is 1.99. The van der Waals surface area contributed by atoms with Crippen molar-refractivity contribution in [3.05, 3.63) is 76.6 Å². The lowest BCUT2D eigenvalue weighted by atomic mass is 10.1. The van der Waals surface area contributed by atoms with Crippen molar-refractivity contribution in [2.24, 2.45) is 0 Å². The molecule has 1 heterocycles. The van der Waals surface area contributed by atoms with Crippen molar-refractivity contribution < 1.29 is 14.3 Å². The Bertz CT molecular complexity index is 1090. The average molecular weight is 406 g/mol. The van der Waals surface area contributed by atoms with E-state index in [4.69, 9.17) is 4.74 Å². The largest absolute Gasteiger partial charge is 0.444 e. The highest BCUT2D eigenvalue weighted by atomic mass is 16.6. The number of ether oxygens (including phenoxy) is 1. The van der Waals surface area contributed by atoms with Gasteiger partial charge in [0.15, 0.2) is 0 Å². The summed E-state index contributed by atoms with van der Waals surface area (Å²) in [5, 5.41) is 11.8. The van der Waals surface area contributed by atoms with Crippen LogP contribution in [0, 0.1) is 0 Å². The lowest BCUT2D eigenvalue weighted by Crippen LogP contribution is -2.27. The number of nitrogens with one attached hydrogen (secondary N) is 3. The molecule has 8 heteroatoms. The number of benzene rings is 2. The quantitative estimate of drug-likeness (QED) is 0.605. The van der Waals surface area contributed by atoms with E-state index in [1.807, 2.05) is 6.07 Å². The molecule has 0 radical (unpaired) electrons. The Morgan fingerprint density at radius 3 is 2.30 bits per heavy atom. The van der Waals surface area contributed by atoms with Gasteiger partial charge in [0.1, 0.15) is 5.60 Å². The van der Waals surface area contributed by atoms with Gasteiger partial charge in [-0.1, -0.05) is 12.1 Å². The Kier molecular flexibility index (Phi) is 5.96. The first kappa shape index (κ1) is 20.8. The molecule has 0 fully saturated rings. The van der Waals surface area contributed by atoms with Gasteiger partial charge >= 0.3 is 6.09 Å². The second-order valence-electron chi connectivity index (χ2n) is 7.55. The number of amides is 2. The lowest BCUT2D eigenvalue weighted by molar-refractivity contribution is 0.0636. The molecule has 0 spiro atoms. The number of carbonyl (C=O) groups is 2. The molecule has 1 aromatic heterocycles. The number of H-pyrrole nitrogens is 1. The fraction of sp³-hybridized carbons (Fsp3) is 0.182. The summed E-state index contributed by atoms with van der Waals surface area (Å²) in [7, 11) is 0. The summed E-state index contributed by atoms with van der Waals surface area (Å²) in [6.45, 7) is 5.34. The van der Waals surface area contributed by atoms with Crippen LogP contribution >= 0.6 is 0 Å². The van der Waals surface area contributed by atoms with Crippen LogP contribution in [0.2, 0.25) is 0 Å². The van der Waals surface area contributed by atoms with Crippen LogP contribution in [0.25, 0.3) is 11.3 Å². The minimum atomic E-state index is -0.594. The summed E-state index contributed by atoms with van der Waals surface area (Å²) in [6.07, 6.45) is -0.563. The maximum atomic E-state index is 12.5. The monoisotopic (exact) mass is 406 g/mol. The third-order valence-corrected chi connectivity index (χ3v) is 3.89. The molecule has 8 nitrogen and oxygen atoms in total. The predicted octanol–water partition coefficient (Wildman–Crippen LogP) is 4.04. The van der Waals surface area contributed by atoms with E-state index in [1.54, 1.807) is 69.3 Å². The standard InChI is InChI=1S/C22H22N4O4/c1-22(2,3)30-21(29)24-16-9-7-14(8-10-16)20(28)23-17-6-4-5-15(13-17)18-11-12-19(27)26-25-18/h4-13H,1-3H3,(H,23,28)(H,24,29)(H,26,27). The van der Waals surface area contributed by atoms with Gasteiger partial charge < -0.3 is 10.1 Å². The van der Waals surface area contributed by atoms with Crippen LogP contribution in [0.15, 0.2) is 65.5 Å². The summed E-state index contributed by atoms with van der Waals surface area (Å²) in [5.74, 6) is -0.301. The highest BCUT2D eigenvalue weighted by Gasteiger charge is 2.16. The van der Waals surface area contributed by atoms with Crippen molar-refractivity contribution >= 4 is 23.4 Å². The van der Waals surface area contributed by atoms with Crippen molar-refractivity contribution in [3.63, 3.8) is 0 Å². The molecule has 0 aliphatic carbocycles. The van der Waals surface area contributed by atoms with Crippen LogP contribution in [-0.4, -0.2) is 27.8 Å². The van der Waals surface area contributed by atoms with Gasteiger partial charge in [-0.3, -0.25) is 14.9 Å². The fourth-order valence-corrected chi connectivity index (χ4v) is 2.59. The molecule has 2 amide bonds. The van der Waals surface area contributed by atoms with Gasteiger partial charge in [-0.2, -0.15) is 5.10 Å². The zero-order valence-corrected chi connectivity index (χ0v) is 16.9. The Labute approximate surface area is 173 Å². The summed E-state index contributed by atoms with van der Waals surface area (Å²) < 4.78 is 5.20. The first-order chi connectivity index (χ1) is 14.2. The molecule has 0 unspecified atom stereocenters. The van der Waals surface area contributed by atoms with Crippen LogP contribution < -0.4 is 16.2 Å². The summed E-state index contributed by atoms with van der Waals surface area (Å²) >= 11 is 0. The van der Waals surface area contributed by atoms with Crippen LogP contribution in [0.4, 0.5) is 16.2 Å². The number of aromatic nitrogens is 2. The van der Waals surface area contributed by atoms with Gasteiger partial charge in [0, 0.05) is 28.6 Å². The SMILES string of the molecule is CC(C)(C)OC(=O)Nc1ccc(C(=O)Nc2cccc(-c3ccc(=O)[nH]n3)c2)cc1. The van der Waals surface area contributed by atoms with Gasteiger partial charge in [0.2, 0.25) is 0 Å². The van der Waals surface area contributed by atoms with E-state index >= 15 is 0 Å². The Balaban J connectivity index is 1.66. The number of carbonyl (C=O) groups excluding carboxylic acids is 2. The van der Waals surface area contributed by atoms with E-state index in [-0.39, 0.29) is 11.5 Å². The molecule has 2 aromatic carbocycles. The molecule has 3 rings (SSSR count). The second-order valence-corrected chi connectivity index (χ2v) is 7.55. The van der Waals surface area contributed by atoms with Crippen LogP contribution in [-0.2, 0) is 4.74 Å². The number of aromatic amines is 1. The molecular weight excluding hydrogens is 384 g/mol. The number of hydrogen-bond donors (Lipinski definition) is 3. The van der Waals surface area contributed by atoms with E-state index in [0.717, 1.165) is 5.56 Å². The zero-order valence-electron chi connectivity index (χ0n) is 16.9. The zero-order chi connectivity index (χ0) is 21.7. The average Bonchev–Trinajstić information content (AvgIpc) is 2.68. The third kappa shape index (κ3) is 5.78. The molecule has 0 atom stereocenters. The minimum Gasteiger partial charge on any atom is -0.444 e. The number of anilines is 2. The van der Waals surface area contributed by atoms with Gasteiger partial charge in [-0.05, 0) is 63.2 Å². The normalized spacial score (nSPS) is 10.9. The number of nitrogens with zero attached hydrogens (tertiary/aromatic N) is 1. The van der Waals surface area contributed by atoms with E-state index in [9.17, 15) is 14.4 Å². The second kappa shape index (κ2) is 8.60. The van der Waals surface area contributed by atoms with Gasteiger partial charge in [-0.25, -0.2) is 9.89 Å². The third-order valence-electron chi connectivity index (χ3n) is 3.89. The molecule has 3 aromatic rings. The van der Waals surface area contributed by atoms with E-state index in [0.29, 0.717) is 22.6 Å². The van der Waals surface area contributed by atoms with Crippen molar-refractivity contribution in [2.45, 2.75) is 26.4 Å². The van der Waals surface area contributed by atoms with Crippen molar-refractivity contribution in [3.8, 4) is 11.3 Å². The van der Waals surface area contributed by atoms with Crippen molar-refractivity contribution in [2.75, 3.05) is 10.6 Å². The predicted molar refractivity (Wildman–Crippen MR) is 115 cm³/mol. The molecule has 0 saturated heterocycles. The van der Waals surface area contributed by atoms with E-state index in [2.05, 4.69) is 20.8 Å². The fourth-order valence-electron chi connectivity index (χ4n) is 2.59. The highest BCUT2D eigenvalue weighted by molar-refractivity contribution is 6.04. The van der Waals surface area contributed by atoms with Crippen molar-refractivity contribution in [1.29, 1.82) is 0 Å². The Morgan fingerprint density at radius 2 is 1.67 bits per heavy atom. The van der Waals surface area contributed by atoms with Gasteiger partial charge in [-0.15, -0.1) is 0 Å². The lowest BCUT2D eigenvalue weighted by Gasteiger charge is -2.19. The Morgan fingerprint density at radius 1 is 0.933 bits per heavy atom. The maximum absolute atomic E-state index is 12.5. The molecule has 154 valence electrons. The Hall–Kier alpha value is -3.94. The molecule has 30 heavy (non-hydrogen) atoms. The van der Waals surface area contributed by atoms with E-state index < -0.39 is 11.7 Å². The van der Waals surface area contributed by atoms with Gasteiger partial charge in [0.05, 0.1) is 5.69 Å². The molecule has 0 aliphatic rings. The summed E-state index contributed by atoms with van der Waals surface area (Å²) in [4.78, 5) is 35.5. The van der Waals surface area contributed by atoms with Crippen LogP contribution in [0.1, 0.15) is 31.1 Å². The van der Waals surface area contributed by atoms with E-state index in [1.165, 1.54) is 6.07 Å². The smallest absolute Gasteiger partial charge is 0.412 e. The molecular formula is C22H22N4O4. The van der Waals surface area contributed by atoms with Gasteiger partial charge in [0.25, 0.3) is 11.5 Å². The summed E-state index contributed by atoms with van der Waals surface area (Å²) in [6, 6.07) is 16.6. The molecule has 3 N–H and O–H groups in total. The van der Waals surface area contributed by atoms with Crippen LogP contribution in [0.5, 0.6) is 0 Å². The number of rotatable bonds is 4. The highest BCUT2D eigenvalue weighted by Crippen LogP contribution is 2.20. The maximum Gasteiger partial charge on any atom is 0.412 e. The minimum absolute atomic E-state index is 0.284. The molecule has 0 saturated carbocycles. The van der Waals surface area contributed by atoms with Crippen molar-refractivity contribution in [1.82, 2.24) is 10.2 Å².